The average Bonchev–Trinajstić information content (AvgIpc) is 3.01. The fourth-order valence-electron chi connectivity index (χ4n) is 2.59. The lowest BCUT2D eigenvalue weighted by Crippen LogP contribution is -1.99. The number of carboxylic acid groups (broad SMARTS) is 1. The predicted molar refractivity (Wildman–Crippen MR) is 86.1 cm³/mol. The molecule has 112 valence electrons. The summed E-state index contributed by atoms with van der Waals surface area (Å²) < 4.78 is 5.14. The second-order valence-electron chi connectivity index (χ2n) is 5.14. The second kappa shape index (κ2) is 5.93. The number of hydrogen-bond acceptors (Lipinski definition) is 2. The number of aromatic amines is 1. The number of hydrogen-bond donors (Lipinski definition) is 2. The molecule has 1 aromatic carbocycles. The Morgan fingerprint density at radius 2 is 2.00 bits per heavy atom. The number of aromatic nitrogens is 1. The van der Waals surface area contributed by atoms with Crippen LogP contribution in [0.15, 0.2) is 48.6 Å². The molecule has 2 aromatic rings. The number of allylic oxidation sites excluding steroid dienone is 4. The fraction of sp³-hybridized carbons (Fsp3) is 0.167. The van der Waals surface area contributed by atoms with E-state index in [2.05, 4.69) is 17.1 Å². The largest absolute Gasteiger partial charge is 0.497 e. The van der Waals surface area contributed by atoms with Crippen molar-refractivity contribution in [2.45, 2.75) is 12.8 Å². The van der Waals surface area contributed by atoms with Gasteiger partial charge in [-0.3, -0.25) is 0 Å². The quantitative estimate of drug-likeness (QED) is 0.891. The summed E-state index contributed by atoms with van der Waals surface area (Å²) in [6.45, 7) is 0. The van der Waals surface area contributed by atoms with E-state index in [0.29, 0.717) is 5.56 Å². The minimum Gasteiger partial charge on any atom is -0.497 e. The lowest BCUT2D eigenvalue weighted by atomic mass is 10.0. The molecule has 3 rings (SSSR count). The lowest BCUT2D eigenvalue weighted by Gasteiger charge is -2.04. The number of ether oxygens (including phenoxy) is 1. The molecule has 0 bridgehead atoms. The van der Waals surface area contributed by atoms with Gasteiger partial charge in [-0.1, -0.05) is 30.4 Å². The van der Waals surface area contributed by atoms with Crippen molar-refractivity contribution >= 4 is 11.5 Å². The van der Waals surface area contributed by atoms with E-state index in [1.165, 1.54) is 0 Å². The van der Waals surface area contributed by atoms with Crippen LogP contribution in [0.2, 0.25) is 0 Å². The standard InChI is InChI=1S/C18H17NO3/c1-22-14-9-7-12(8-10-14)15-11-16(19-17(15)18(20)21)13-5-3-2-4-6-13/h3,5-11,19H,2,4H2,1H3,(H,20,21). The van der Waals surface area contributed by atoms with Gasteiger partial charge >= 0.3 is 5.97 Å². The van der Waals surface area contributed by atoms with E-state index >= 15 is 0 Å². The van der Waals surface area contributed by atoms with Crippen molar-refractivity contribution in [1.29, 1.82) is 0 Å². The molecule has 0 saturated heterocycles. The van der Waals surface area contributed by atoms with Crippen LogP contribution in [0, 0.1) is 0 Å². The van der Waals surface area contributed by atoms with Crippen LogP contribution in [0.1, 0.15) is 29.0 Å². The highest BCUT2D eigenvalue weighted by Gasteiger charge is 2.17. The van der Waals surface area contributed by atoms with Crippen LogP contribution < -0.4 is 4.74 Å². The van der Waals surface area contributed by atoms with Crippen molar-refractivity contribution in [3.8, 4) is 16.9 Å². The maximum absolute atomic E-state index is 11.5. The van der Waals surface area contributed by atoms with Gasteiger partial charge in [0.05, 0.1) is 7.11 Å². The molecule has 0 atom stereocenters. The van der Waals surface area contributed by atoms with E-state index in [0.717, 1.165) is 35.4 Å². The Kier molecular flexibility index (Phi) is 3.83. The summed E-state index contributed by atoms with van der Waals surface area (Å²) in [4.78, 5) is 14.5. The molecule has 1 heterocycles. The van der Waals surface area contributed by atoms with Crippen molar-refractivity contribution < 1.29 is 14.6 Å². The monoisotopic (exact) mass is 295 g/mol. The molecule has 0 aliphatic heterocycles. The van der Waals surface area contributed by atoms with Crippen LogP contribution in [0.5, 0.6) is 5.75 Å². The zero-order chi connectivity index (χ0) is 15.5. The molecule has 4 heteroatoms. The fourth-order valence-corrected chi connectivity index (χ4v) is 2.59. The summed E-state index contributed by atoms with van der Waals surface area (Å²) in [6, 6.07) is 9.28. The van der Waals surface area contributed by atoms with E-state index in [4.69, 9.17) is 4.74 Å². The predicted octanol–water partition coefficient (Wildman–Crippen LogP) is 4.12. The molecule has 22 heavy (non-hydrogen) atoms. The molecule has 1 aromatic heterocycles. The number of benzene rings is 1. The first-order chi connectivity index (χ1) is 10.7. The normalized spacial score (nSPS) is 13.8. The lowest BCUT2D eigenvalue weighted by molar-refractivity contribution is 0.0692. The van der Waals surface area contributed by atoms with Gasteiger partial charge in [-0.15, -0.1) is 0 Å². The maximum atomic E-state index is 11.5. The molecule has 1 aliphatic carbocycles. The number of rotatable bonds is 4. The van der Waals surface area contributed by atoms with Gasteiger partial charge in [-0.2, -0.15) is 0 Å². The molecule has 2 N–H and O–H groups in total. The summed E-state index contributed by atoms with van der Waals surface area (Å²) in [6.07, 6.45) is 8.25. The molecule has 0 unspecified atom stereocenters. The third-order valence-electron chi connectivity index (χ3n) is 3.74. The van der Waals surface area contributed by atoms with Crippen LogP contribution in [0.3, 0.4) is 0 Å². The van der Waals surface area contributed by atoms with Gasteiger partial charge in [0.2, 0.25) is 0 Å². The van der Waals surface area contributed by atoms with Crippen molar-refractivity contribution in [2.75, 3.05) is 7.11 Å². The molecule has 0 fully saturated rings. The summed E-state index contributed by atoms with van der Waals surface area (Å²) in [5, 5.41) is 9.45. The second-order valence-corrected chi connectivity index (χ2v) is 5.14. The number of methoxy groups -OCH3 is 1. The van der Waals surface area contributed by atoms with E-state index in [-0.39, 0.29) is 5.69 Å². The van der Waals surface area contributed by atoms with Crippen molar-refractivity contribution in [1.82, 2.24) is 4.98 Å². The molecule has 0 radical (unpaired) electrons. The number of H-pyrrole nitrogens is 1. The summed E-state index contributed by atoms with van der Waals surface area (Å²) >= 11 is 0. The smallest absolute Gasteiger partial charge is 0.352 e. The Labute approximate surface area is 128 Å². The van der Waals surface area contributed by atoms with Crippen LogP contribution in [0.4, 0.5) is 0 Å². The molecule has 0 spiro atoms. The third kappa shape index (κ3) is 2.68. The summed E-state index contributed by atoms with van der Waals surface area (Å²) in [7, 11) is 1.61. The molecular weight excluding hydrogens is 278 g/mol. The summed E-state index contributed by atoms with van der Waals surface area (Å²) in [5.41, 5.74) is 3.61. The van der Waals surface area contributed by atoms with Crippen LogP contribution in [-0.2, 0) is 0 Å². The van der Waals surface area contributed by atoms with Gasteiger partial charge in [0.15, 0.2) is 0 Å². The number of carboxylic acids is 1. The van der Waals surface area contributed by atoms with Crippen molar-refractivity contribution in [2.24, 2.45) is 0 Å². The number of aromatic carboxylic acids is 1. The molecular formula is C18H17NO3. The molecule has 0 saturated carbocycles. The Bertz CT molecular complexity index is 751. The van der Waals surface area contributed by atoms with E-state index < -0.39 is 5.97 Å². The third-order valence-corrected chi connectivity index (χ3v) is 3.74. The van der Waals surface area contributed by atoms with Crippen molar-refractivity contribution in [3.63, 3.8) is 0 Å². The SMILES string of the molecule is COc1ccc(-c2cc(C3=CCCC=C3)[nH]c2C(=O)O)cc1. The van der Waals surface area contributed by atoms with Gasteiger partial charge in [0, 0.05) is 11.3 Å². The first-order valence-corrected chi connectivity index (χ1v) is 7.17. The van der Waals surface area contributed by atoms with Gasteiger partial charge in [-0.25, -0.2) is 4.79 Å². The van der Waals surface area contributed by atoms with Gasteiger partial charge in [-0.05, 0) is 42.2 Å². The molecule has 0 amide bonds. The van der Waals surface area contributed by atoms with Crippen LogP contribution >= 0.6 is 0 Å². The molecule has 4 nitrogen and oxygen atoms in total. The minimum absolute atomic E-state index is 0.208. The zero-order valence-corrected chi connectivity index (χ0v) is 12.3. The number of carbonyl (C=O) groups is 1. The van der Waals surface area contributed by atoms with E-state index in [1.54, 1.807) is 7.11 Å². The highest BCUT2D eigenvalue weighted by Crippen LogP contribution is 2.30. The highest BCUT2D eigenvalue weighted by atomic mass is 16.5. The Balaban J connectivity index is 2.05. The van der Waals surface area contributed by atoms with Gasteiger partial charge < -0.3 is 14.8 Å². The van der Waals surface area contributed by atoms with Gasteiger partial charge in [0.25, 0.3) is 0 Å². The Morgan fingerprint density at radius 3 is 2.59 bits per heavy atom. The topological polar surface area (TPSA) is 62.3 Å². The Morgan fingerprint density at radius 1 is 1.23 bits per heavy atom. The van der Waals surface area contributed by atoms with Crippen LogP contribution in [0.25, 0.3) is 16.7 Å². The van der Waals surface area contributed by atoms with E-state index in [9.17, 15) is 9.90 Å². The summed E-state index contributed by atoms with van der Waals surface area (Å²) in [5.74, 6) is -0.216. The van der Waals surface area contributed by atoms with Crippen molar-refractivity contribution in [3.05, 3.63) is 59.9 Å². The van der Waals surface area contributed by atoms with Crippen LogP contribution in [-0.4, -0.2) is 23.2 Å². The van der Waals surface area contributed by atoms with E-state index in [1.807, 2.05) is 36.4 Å². The zero-order valence-electron chi connectivity index (χ0n) is 12.3. The first-order valence-electron chi connectivity index (χ1n) is 7.17. The Hall–Kier alpha value is -2.75. The first kappa shape index (κ1) is 14.2. The number of nitrogens with one attached hydrogen (secondary N) is 1. The highest BCUT2D eigenvalue weighted by molar-refractivity contribution is 5.96. The maximum Gasteiger partial charge on any atom is 0.352 e. The minimum atomic E-state index is -0.961. The molecule has 1 aliphatic rings. The van der Waals surface area contributed by atoms with Gasteiger partial charge in [0.1, 0.15) is 11.4 Å². The average molecular weight is 295 g/mol.